The highest BCUT2D eigenvalue weighted by Crippen LogP contribution is 2.34. The maximum absolute atomic E-state index is 11.3. The van der Waals surface area contributed by atoms with Gasteiger partial charge in [0.15, 0.2) is 5.60 Å². The summed E-state index contributed by atoms with van der Waals surface area (Å²) in [5.41, 5.74) is 0.694. The molecule has 0 fully saturated rings. The molecule has 3 aromatic heterocycles. The van der Waals surface area contributed by atoms with Crippen LogP contribution in [0.15, 0.2) is 73.4 Å². The normalized spacial score (nSPS) is 11.2. The molecular weight excluding hydrogens is 250 g/mol. The van der Waals surface area contributed by atoms with Gasteiger partial charge in [0, 0.05) is 31.0 Å². The Hall–Kier alpha value is -2.59. The molecule has 1 N–H and O–H groups in total. The van der Waals surface area contributed by atoms with E-state index in [1.54, 1.807) is 61.3 Å². The molecule has 0 atom stereocenters. The number of aliphatic hydroxyl groups is 1. The fourth-order valence-electron chi connectivity index (χ4n) is 2.23. The fourth-order valence-corrected chi connectivity index (χ4v) is 2.23. The van der Waals surface area contributed by atoms with Crippen LogP contribution >= 0.6 is 0 Å². The smallest absolute Gasteiger partial charge is 0.157 e. The van der Waals surface area contributed by atoms with Gasteiger partial charge in [-0.15, -0.1) is 0 Å². The lowest BCUT2D eigenvalue weighted by molar-refractivity contribution is 0.120. The SMILES string of the molecule is OC(c1ccncc1)(c1ccncc1)c1ccccn1. The lowest BCUT2D eigenvalue weighted by Crippen LogP contribution is -2.30. The van der Waals surface area contributed by atoms with Crippen molar-refractivity contribution in [2.75, 3.05) is 0 Å². The van der Waals surface area contributed by atoms with Gasteiger partial charge in [0.05, 0.1) is 5.69 Å². The molecule has 20 heavy (non-hydrogen) atoms. The Morgan fingerprint density at radius 2 is 1.25 bits per heavy atom. The van der Waals surface area contributed by atoms with Crippen LogP contribution in [0, 0.1) is 0 Å². The third-order valence-corrected chi connectivity index (χ3v) is 3.23. The molecule has 0 aliphatic rings. The third-order valence-electron chi connectivity index (χ3n) is 3.23. The van der Waals surface area contributed by atoms with Gasteiger partial charge in [0.2, 0.25) is 0 Å². The van der Waals surface area contributed by atoms with Gasteiger partial charge in [-0.2, -0.15) is 0 Å². The molecule has 0 aliphatic heterocycles. The Morgan fingerprint density at radius 3 is 1.70 bits per heavy atom. The zero-order valence-electron chi connectivity index (χ0n) is 10.7. The first kappa shape index (κ1) is 12.4. The first-order chi connectivity index (χ1) is 9.82. The second kappa shape index (κ2) is 5.19. The van der Waals surface area contributed by atoms with Gasteiger partial charge in [0.1, 0.15) is 0 Å². The van der Waals surface area contributed by atoms with E-state index in [1.807, 2.05) is 12.1 Å². The highest BCUT2D eigenvalue weighted by atomic mass is 16.3. The second-order valence-electron chi connectivity index (χ2n) is 4.40. The van der Waals surface area contributed by atoms with Crippen molar-refractivity contribution in [2.24, 2.45) is 0 Å². The molecule has 0 aromatic carbocycles. The van der Waals surface area contributed by atoms with Crippen LogP contribution in [0.4, 0.5) is 0 Å². The minimum absolute atomic E-state index is 0.567. The van der Waals surface area contributed by atoms with Crippen molar-refractivity contribution < 1.29 is 5.11 Å². The molecule has 0 bridgehead atoms. The molecule has 0 amide bonds. The van der Waals surface area contributed by atoms with E-state index in [-0.39, 0.29) is 0 Å². The second-order valence-corrected chi connectivity index (χ2v) is 4.40. The number of rotatable bonds is 3. The summed E-state index contributed by atoms with van der Waals surface area (Å²) in [5.74, 6) is 0. The summed E-state index contributed by atoms with van der Waals surface area (Å²) >= 11 is 0. The average molecular weight is 263 g/mol. The predicted octanol–water partition coefficient (Wildman–Crippen LogP) is 2.16. The van der Waals surface area contributed by atoms with Gasteiger partial charge >= 0.3 is 0 Å². The molecule has 0 aliphatic carbocycles. The third kappa shape index (κ3) is 2.06. The molecule has 4 nitrogen and oxygen atoms in total. The first-order valence-corrected chi connectivity index (χ1v) is 6.26. The minimum atomic E-state index is -1.31. The van der Waals surface area contributed by atoms with Crippen molar-refractivity contribution in [2.45, 2.75) is 5.60 Å². The summed E-state index contributed by atoms with van der Waals surface area (Å²) in [6, 6.07) is 12.6. The van der Waals surface area contributed by atoms with Crippen LogP contribution in [-0.4, -0.2) is 20.1 Å². The highest BCUT2D eigenvalue weighted by molar-refractivity contribution is 5.42. The van der Waals surface area contributed by atoms with Crippen LogP contribution in [0.25, 0.3) is 0 Å². The summed E-state index contributed by atoms with van der Waals surface area (Å²) in [6.45, 7) is 0. The Kier molecular flexibility index (Phi) is 3.23. The van der Waals surface area contributed by atoms with Crippen molar-refractivity contribution >= 4 is 0 Å². The molecular formula is C16H13N3O. The topological polar surface area (TPSA) is 58.9 Å². The number of hydrogen-bond donors (Lipinski definition) is 1. The van der Waals surface area contributed by atoms with Crippen molar-refractivity contribution in [1.82, 2.24) is 15.0 Å². The van der Waals surface area contributed by atoms with E-state index >= 15 is 0 Å². The van der Waals surface area contributed by atoms with Crippen molar-refractivity contribution in [3.63, 3.8) is 0 Å². The van der Waals surface area contributed by atoms with Gasteiger partial charge in [-0.1, -0.05) is 6.07 Å². The standard InChI is InChI=1S/C16H13N3O/c20-16(13-4-9-17-10-5-13,14-6-11-18-12-7-14)15-3-1-2-8-19-15/h1-12,20H. The molecule has 3 aromatic rings. The van der Waals surface area contributed by atoms with Crippen LogP contribution < -0.4 is 0 Å². The summed E-state index contributed by atoms with van der Waals surface area (Å²) in [5, 5.41) is 11.3. The number of hydrogen-bond acceptors (Lipinski definition) is 4. The highest BCUT2D eigenvalue weighted by Gasteiger charge is 2.34. The molecule has 98 valence electrons. The molecule has 0 saturated heterocycles. The zero-order chi connectivity index (χ0) is 13.8. The van der Waals surface area contributed by atoms with Crippen molar-refractivity contribution in [1.29, 1.82) is 0 Å². The number of aromatic nitrogens is 3. The molecule has 0 radical (unpaired) electrons. The van der Waals surface area contributed by atoms with E-state index in [1.165, 1.54) is 0 Å². The van der Waals surface area contributed by atoms with Crippen LogP contribution in [0.2, 0.25) is 0 Å². The Labute approximate surface area is 116 Å². The van der Waals surface area contributed by atoms with E-state index in [9.17, 15) is 5.11 Å². The first-order valence-electron chi connectivity index (χ1n) is 6.26. The van der Waals surface area contributed by atoms with E-state index in [2.05, 4.69) is 15.0 Å². The number of pyridine rings is 3. The van der Waals surface area contributed by atoms with E-state index in [4.69, 9.17) is 0 Å². The van der Waals surface area contributed by atoms with E-state index in [0.29, 0.717) is 5.69 Å². The lowest BCUT2D eigenvalue weighted by atomic mass is 9.84. The van der Waals surface area contributed by atoms with Crippen LogP contribution in [-0.2, 0) is 5.60 Å². The summed E-state index contributed by atoms with van der Waals surface area (Å²) < 4.78 is 0. The zero-order valence-corrected chi connectivity index (χ0v) is 10.7. The Morgan fingerprint density at radius 1 is 0.700 bits per heavy atom. The number of nitrogens with zero attached hydrogens (tertiary/aromatic N) is 3. The average Bonchev–Trinajstić information content (AvgIpc) is 2.56. The van der Waals surface area contributed by atoms with Gasteiger partial charge in [-0.3, -0.25) is 15.0 Å². The predicted molar refractivity (Wildman–Crippen MR) is 74.8 cm³/mol. The Balaban J connectivity index is 2.24. The molecule has 0 unspecified atom stereocenters. The molecule has 4 heteroatoms. The molecule has 0 spiro atoms. The van der Waals surface area contributed by atoms with Crippen molar-refractivity contribution in [3.8, 4) is 0 Å². The summed E-state index contributed by atoms with van der Waals surface area (Å²) in [4.78, 5) is 12.3. The lowest BCUT2D eigenvalue weighted by Gasteiger charge is -2.28. The minimum Gasteiger partial charge on any atom is -0.374 e. The largest absolute Gasteiger partial charge is 0.374 e. The maximum atomic E-state index is 11.3. The van der Waals surface area contributed by atoms with Crippen LogP contribution in [0.3, 0.4) is 0 Å². The maximum Gasteiger partial charge on any atom is 0.157 e. The molecule has 3 heterocycles. The molecule has 0 saturated carbocycles. The quantitative estimate of drug-likeness (QED) is 0.786. The van der Waals surface area contributed by atoms with Gasteiger partial charge < -0.3 is 5.11 Å². The molecule has 3 rings (SSSR count). The van der Waals surface area contributed by atoms with E-state index in [0.717, 1.165) is 11.1 Å². The van der Waals surface area contributed by atoms with Crippen LogP contribution in [0.1, 0.15) is 16.8 Å². The fraction of sp³-hybridized carbons (Fsp3) is 0.0625. The van der Waals surface area contributed by atoms with E-state index < -0.39 is 5.60 Å². The van der Waals surface area contributed by atoms with Gasteiger partial charge in [-0.25, -0.2) is 0 Å². The van der Waals surface area contributed by atoms with Gasteiger partial charge in [0.25, 0.3) is 0 Å². The Bertz CT molecular complexity index is 575. The summed E-state index contributed by atoms with van der Waals surface area (Å²) in [6.07, 6.45) is 8.30. The summed E-state index contributed by atoms with van der Waals surface area (Å²) in [7, 11) is 0. The monoisotopic (exact) mass is 263 g/mol. The van der Waals surface area contributed by atoms with Crippen LogP contribution in [0.5, 0.6) is 0 Å². The van der Waals surface area contributed by atoms with Gasteiger partial charge in [-0.05, 0) is 47.5 Å². The van der Waals surface area contributed by atoms with Crippen molar-refractivity contribution in [3.05, 3.63) is 90.3 Å².